The van der Waals surface area contributed by atoms with Gasteiger partial charge in [0, 0.05) is 17.1 Å². The number of anilines is 1. The van der Waals surface area contributed by atoms with Crippen molar-refractivity contribution < 1.29 is 13.2 Å². The number of nitrogens with one attached hydrogen (secondary N) is 2. The summed E-state index contributed by atoms with van der Waals surface area (Å²) in [6.45, 7) is 0.286. The van der Waals surface area contributed by atoms with E-state index in [0.717, 1.165) is 11.3 Å². The van der Waals surface area contributed by atoms with Crippen molar-refractivity contribution in [2.75, 3.05) is 4.72 Å². The van der Waals surface area contributed by atoms with Crippen molar-refractivity contribution in [3.05, 3.63) is 102 Å². The highest BCUT2D eigenvalue weighted by atomic mass is 35.5. The van der Waals surface area contributed by atoms with Gasteiger partial charge in [-0.05, 0) is 54.1 Å². The van der Waals surface area contributed by atoms with Crippen LogP contribution < -0.4 is 10.0 Å². The van der Waals surface area contributed by atoms with E-state index in [0.29, 0.717) is 10.7 Å². The normalized spacial score (nSPS) is 11.2. The zero-order valence-corrected chi connectivity index (χ0v) is 18.2. The number of rotatable bonds is 7. The topological polar surface area (TPSA) is 106 Å². The summed E-state index contributed by atoms with van der Waals surface area (Å²) in [6.07, 6.45) is 3.05. The number of carbonyl (C=O) groups is 1. The van der Waals surface area contributed by atoms with Gasteiger partial charge in [-0.3, -0.25) is 9.52 Å². The highest BCUT2D eigenvalue weighted by Gasteiger charge is 2.17. The summed E-state index contributed by atoms with van der Waals surface area (Å²) in [6, 6.07) is 19.7. The Labute approximate surface area is 189 Å². The van der Waals surface area contributed by atoms with Crippen LogP contribution in [-0.2, 0) is 16.6 Å². The van der Waals surface area contributed by atoms with Gasteiger partial charge >= 0.3 is 0 Å². The van der Waals surface area contributed by atoms with Gasteiger partial charge in [-0.1, -0.05) is 35.9 Å². The third-order valence-electron chi connectivity index (χ3n) is 4.56. The summed E-state index contributed by atoms with van der Waals surface area (Å²) in [7, 11) is -3.88. The summed E-state index contributed by atoms with van der Waals surface area (Å²) in [4.78, 5) is 16.5. The monoisotopic (exact) mass is 467 g/mol. The molecule has 1 heterocycles. The minimum absolute atomic E-state index is 0.0256. The van der Waals surface area contributed by atoms with Crippen LogP contribution in [0.3, 0.4) is 0 Å². The van der Waals surface area contributed by atoms with Crippen LogP contribution in [0, 0.1) is 0 Å². The highest BCUT2D eigenvalue weighted by Crippen LogP contribution is 2.20. The summed E-state index contributed by atoms with van der Waals surface area (Å²) >= 11 is 5.91. The first-order valence-corrected chi connectivity index (χ1v) is 11.4. The van der Waals surface area contributed by atoms with Crippen molar-refractivity contribution in [3.63, 3.8) is 0 Å². The first kappa shape index (κ1) is 21.5. The average molecular weight is 468 g/mol. The Bertz CT molecular complexity index is 1340. The minimum atomic E-state index is -3.88. The largest absolute Gasteiger partial charge is 0.348 e. The number of hydrogen-bond donors (Lipinski definition) is 2. The van der Waals surface area contributed by atoms with Gasteiger partial charge in [-0.2, -0.15) is 5.10 Å². The lowest BCUT2D eigenvalue weighted by Gasteiger charge is -2.10. The number of sulfonamides is 1. The van der Waals surface area contributed by atoms with Crippen LogP contribution in [0.25, 0.3) is 5.69 Å². The van der Waals surface area contributed by atoms with E-state index in [1.807, 2.05) is 24.3 Å². The van der Waals surface area contributed by atoms with Gasteiger partial charge in [0.1, 0.15) is 12.7 Å². The molecule has 32 heavy (non-hydrogen) atoms. The number of aromatic nitrogens is 3. The molecule has 0 atom stereocenters. The summed E-state index contributed by atoms with van der Waals surface area (Å²) < 4.78 is 29.5. The molecule has 0 spiro atoms. The number of carbonyl (C=O) groups excluding carboxylic acids is 1. The SMILES string of the molecule is O=C(NCc1ccc(-n2cncn2)cc1)c1cccc(S(=O)(=O)Nc2cccc(Cl)c2)c1. The highest BCUT2D eigenvalue weighted by molar-refractivity contribution is 7.92. The van der Waals surface area contributed by atoms with Crippen molar-refractivity contribution in [2.24, 2.45) is 0 Å². The Kier molecular flexibility index (Phi) is 6.20. The molecule has 4 rings (SSSR count). The molecule has 0 radical (unpaired) electrons. The van der Waals surface area contributed by atoms with Crippen molar-refractivity contribution in [1.29, 1.82) is 0 Å². The molecule has 0 saturated heterocycles. The first-order chi connectivity index (χ1) is 15.4. The van der Waals surface area contributed by atoms with E-state index in [1.165, 1.54) is 30.6 Å². The molecule has 8 nitrogen and oxygen atoms in total. The first-order valence-electron chi connectivity index (χ1n) is 9.51. The second-order valence-corrected chi connectivity index (χ2v) is 8.95. The fraction of sp³-hybridized carbons (Fsp3) is 0.0455. The summed E-state index contributed by atoms with van der Waals surface area (Å²) in [5.41, 5.74) is 2.30. The molecule has 4 aromatic rings. The van der Waals surface area contributed by atoms with E-state index < -0.39 is 10.0 Å². The number of benzene rings is 3. The van der Waals surface area contributed by atoms with Crippen LogP contribution in [0.2, 0.25) is 5.02 Å². The van der Waals surface area contributed by atoms with E-state index in [-0.39, 0.29) is 22.9 Å². The summed E-state index contributed by atoms with van der Waals surface area (Å²) in [5, 5.41) is 7.27. The number of nitrogens with zero attached hydrogens (tertiary/aromatic N) is 3. The van der Waals surface area contributed by atoms with E-state index in [4.69, 9.17) is 11.6 Å². The molecule has 162 valence electrons. The van der Waals surface area contributed by atoms with Crippen molar-refractivity contribution in [3.8, 4) is 5.69 Å². The van der Waals surface area contributed by atoms with Crippen molar-refractivity contribution >= 4 is 33.2 Å². The fourth-order valence-corrected chi connectivity index (χ4v) is 4.25. The van der Waals surface area contributed by atoms with Gasteiger partial charge in [0.25, 0.3) is 15.9 Å². The third-order valence-corrected chi connectivity index (χ3v) is 6.17. The third kappa shape index (κ3) is 5.13. The second kappa shape index (κ2) is 9.21. The molecular formula is C22H18ClN5O3S. The summed E-state index contributed by atoms with van der Waals surface area (Å²) in [5.74, 6) is -0.384. The molecule has 0 aliphatic heterocycles. The van der Waals surface area contributed by atoms with E-state index in [2.05, 4.69) is 20.1 Å². The predicted molar refractivity (Wildman–Crippen MR) is 121 cm³/mol. The maximum atomic E-state index is 12.7. The molecule has 2 N–H and O–H groups in total. The van der Waals surface area contributed by atoms with Crippen LogP contribution in [0.15, 0.2) is 90.3 Å². The molecule has 0 unspecified atom stereocenters. The molecule has 3 aromatic carbocycles. The average Bonchev–Trinajstić information content (AvgIpc) is 3.33. The molecular weight excluding hydrogens is 450 g/mol. The Morgan fingerprint density at radius 2 is 1.78 bits per heavy atom. The second-order valence-electron chi connectivity index (χ2n) is 6.83. The lowest BCUT2D eigenvalue weighted by molar-refractivity contribution is 0.0950. The van der Waals surface area contributed by atoms with Gasteiger partial charge in [0.2, 0.25) is 0 Å². The zero-order valence-electron chi connectivity index (χ0n) is 16.6. The molecule has 0 bridgehead atoms. The molecule has 0 fully saturated rings. The molecule has 1 aromatic heterocycles. The van der Waals surface area contributed by atoms with Gasteiger partial charge < -0.3 is 5.32 Å². The maximum absolute atomic E-state index is 12.7. The lowest BCUT2D eigenvalue weighted by Crippen LogP contribution is -2.23. The van der Waals surface area contributed by atoms with Crippen LogP contribution in [0.4, 0.5) is 5.69 Å². The number of hydrogen-bond acceptors (Lipinski definition) is 5. The van der Waals surface area contributed by atoms with Crippen LogP contribution in [0.1, 0.15) is 15.9 Å². The van der Waals surface area contributed by atoms with Crippen LogP contribution in [-0.4, -0.2) is 29.1 Å². The van der Waals surface area contributed by atoms with Crippen LogP contribution in [0.5, 0.6) is 0 Å². The zero-order chi connectivity index (χ0) is 22.6. The molecule has 0 saturated carbocycles. The van der Waals surface area contributed by atoms with E-state index >= 15 is 0 Å². The quantitative estimate of drug-likeness (QED) is 0.431. The standard InChI is InChI=1S/C22H18ClN5O3S/c23-18-4-2-5-19(12-18)27-32(30,31)21-6-1-3-17(11-21)22(29)25-13-16-7-9-20(10-8-16)28-15-24-14-26-28/h1-12,14-15,27H,13H2,(H,25,29). The number of halogens is 1. The Morgan fingerprint density at radius 3 is 2.50 bits per heavy atom. The Hall–Kier alpha value is -3.69. The minimum Gasteiger partial charge on any atom is -0.348 e. The Balaban J connectivity index is 1.43. The maximum Gasteiger partial charge on any atom is 0.261 e. The molecule has 10 heteroatoms. The molecule has 0 aliphatic rings. The fourth-order valence-electron chi connectivity index (χ4n) is 2.96. The van der Waals surface area contributed by atoms with Gasteiger partial charge in [0.15, 0.2) is 0 Å². The lowest BCUT2D eigenvalue weighted by atomic mass is 10.2. The van der Waals surface area contributed by atoms with Gasteiger partial charge in [0.05, 0.1) is 16.3 Å². The van der Waals surface area contributed by atoms with Gasteiger partial charge in [-0.25, -0.2) is 18.1 Å². The smallest absolute Gasteiger partial charge is 0.261 e. The molecule has 1 amide bonds. The Morgan fingerprint density at radius 1 is 1.00 bits per heavy atom. The predicted octanol–water partition coefficient (Wildman–Crippen LogP) is 3.65. The van der Waals surface area contributed by atoms with Crippen LogP contribution >= 0.6 is 11.6 Å². The van der Waals surface area contributed by atoms with Crippen molar-refractivity contribution in [2.45, 2.75) is 11.4 Å². The number of amides is 1. The van der Waals surface area contributed by atoms with Crippen molar-refractivity contribution in [1.82, 2.24) is 20.1 Å². The van der Waals surface area contributed by atoms with E-state index in [9.17, 15) is 13.2 Å². The van der Waals surface area contributed by atoms with E-state index in [1.54, 1.807) is 35.3 Å². The van der Waals surface area contributed by atoms with Gasteiger partial charge in [-0.15, -0.1) is 0 Å². The molecule has 0 aliphatic carbocycles.